The number of nitrogens with one attached hydrogen (secondary N) is 1. The van der Waals surface area contributed by atoms with Gasteiger partial charge in [0.2, 0.25) is 0 Å². The van der Waals surface area contributed by atoms with E-state index in [-0.39, 0.29) is 6.67 Å². The molecule has 1 aliphatic heterocycles. The number of halogens is 1. The Hall–Kier alpha value is -0.150. The first-order chi connectivity index (χ1) is 7.27. The molecule has 0 amide bonds. The van der Waals surface area contributed by atoms with Crippen LogP contribution in [0.5, 0.6) is 0 Å². The topological polar surface area (TPSA) is 15.3 Å². The smallest absolute Gasteiger partial charge is 0.0906 e. The zero-order valence-corrected chi connectivity index (χ0v) is 10.1. The van der Waals surface area contributed by atoms with Crippen LogP contribution in [0.15, 0.2) is 0 Å². The zero-order valence-electron chi connectivity index (χ0n) is 10.1. The van der Waals surface area contributed by atoms with Gasteiger partial charge in [-0.2, -0.15) is 0 Å². The Morgan fingerprint density at radius 2 is 2.27 bits per heavy atom. The van der Waals surface area contributed by atoms with Gasteiger partial charge in [0.05, 0.1) is 6.67 Å². The zero-order chi connectivity index (χ0) is 11.1. The predicted molar refractivity (Wildman–Crippen MR) is 62.9 cm³/mol. The fraction of sp³-hybridized carbons (Fsp3) is 1.00. The molecule has 0 aromatic heterocycles. The minimum absolute atomic E-state index is 0.185. The lowest BCUT2D eigenvalue weighted by Crippen LogP contribution is -2.40. The highest BCUT2D eigenvalue weighted by Crippen LogP contribution is 2.12. The SMILES string of the molecule is CCCC1CN(CCCF)C(C)CCN1. The van der Waals surface area contributed by atoms with Gasteiger partial charge in [-0.05, 0) is 32.7 Å². The summed E-state index contributed by atoms with van der Waals surface area (Å²) in [5.41, 5.74) is 0. The molecular weight excluding hydrogens is 191 g/mol. The molecule has 2 nitrogen and oxygen atoms in total. The molecule has 1 fully saturated rings. The molecular formula is C12H25FN2. The maximum absolute atomic E-state index is 12.2. The first-order valence-electron chi connectivity index (χ1n) is 6.31. The lowest BCUT2D eigenvalue weighted by molar-refractivity contribution is 0.193. The molecule has 1 N–H and O–H groups in total. The lowest BCUT2D eigenvalue weighted by atomic mass is 10.1. The van der Waals surface area contributed by atoms with E-state index >= 15 is 0 Å². The molecule has 2 atom stereocenters. The summed E-state index contributed by atoms with van der Waals surface area (Å²) in [5.74, 6) is 0. The number of hydrogen-bond donors (Lipinski definition) is 1. The molecule has 0 aliphatic carbocycles. The van der Waals surface area contributed by atoms with Crippen molar-refractivity contribution >= 4 is 0 Å². The molecule has 0 radical (unpaired) electrons. The van der Waals surface area contributed by atoms with E-state index in [4.69, 9.17) is 0 Å². The van der Waals surface area contributed by atoms with Crippen molar-refractivity contribution in [2.75, 3.05) is 26.3 Å². The van der Waals surface area contributed by atoms with Crippen molar-refractivity contribution in [2.45, 2.75) is 51.6 Å². The number of alkyl halides is 1. The van der Waals surface area contributed by atoms with Crippen LogP contribution in [-0.4, -0.2) is 43.3 Å². The van der Waals surface area contributed by atoms with Crippen molar-refractivity contribution in [3.63, 3.8) is 0 Å². The van der Waals surface area contributed by atoms with Crippen molar-refractivity contribution in [3.8, 4) is 0 Å². The van der Waals surface area contributed by atoms with Crippen LogP contribution in [0.25, 0.3) is 0 Å². The third-order valence-corrected chi connectivity index (χ3v) is 3.29. The predicted octanol–water partition coefficient (Wildman–Crippen LogP) is 2.20. The van der Waals surface area contributed by atoms with Crippen molar-refractivity contribution < 1.29 is 4.39 Å². The van der Waals surface area contributed by atoms with Crippen LogP contribution in [-0.2, 0) is 0 Å². The van der Waals surface area contributed by atoms with Crippen LogP contribution in [0.3, 0.4) is 0 Å². The summed E-state index contributed by atoms with van der Waals surface area (Å²) in [6.45, 7) is 7.41. The summed E-state index contributed by atoms with van der Waals surface area (Å²) in [6, 6.07) is 1.21. The van der Waals surface area contributed by atoms with Gasteiger partial charge in [0, 0.05) is 25.2 Å². The Kier molecular flexibility index (Phi) is 6.18. The molecule has 1 saturated heterocycles. The second-order valence-electron chi connectivity index (χ2n) is 4.61. The van der Waals surface area contributed by atoms with Crippen molar-refractivity contribution in [1.29, 1.82) is 0 Å². The highest BCUT2D eigenvalue weighted by Gasteiger charge is 2.21. The molecule has 0 saturated carbocycles. The number of hydrogen-bond acceptors (Lipinski definition) is 2. The summed E-state index contributed by atoms with van der Waals surface area (Å²) < 4.78 is 12.2. The fourth-order valence-corrected chi connectivity index (χ4v) is 2.32. The molecule has 15 heavy (non-hydrogen) atoms. The largest absolute Gasteiger partial charge is 0.313 e. The third kappa shape index (κ3) is 4.47. The highest BCUT2D eigenvalue weighted by atomic mass is 19.1. The van der Waals surface area contributed by atoms with Gasteiger partial charge in [-0.3, -0.25) is 9.29 Å². The molecule has 3 heteroatoms. The molecule has 1 aliphatic rings. The van der Waals surface area contributed by atoms with Crippen LogP contribution in [0.2, 0.25) is 0 Å². The van der Waals surface area contributed by atoms with E-state index in [0.29, 0.717) is 18.5 Å². The Morgan fingerprint density at radius 1 is 1.47 bits per heavy atom. The van der Waals surface area contributed by atoms with Gasteiger partial charge in [0.25, 0.3) is 0 Å². The summed E-state index contributed by atoms with van der Waals surface area (Å²) >= 11 is 0. The Bertz CT molecular complexity index is 164. The first-order valence-corrected chi connectivity index (χ1v) is 6.31. The van der Waals surface area contributed by atoms with Gasteiger partial charge >= 0.3 is 0 Å². The van der Waals surface area contributed by atoms with Crippen molar-refractivity contribution in [1.82, 2.24) is 10.2 Å². The van der Waals surface area contributed by atoms with Crippen molar-refractivity contribution in [2.24, 2.45) is 0 Å². The Morgan fingerprint density at radius 3 is 2.93 bits per heavy atom. The molecule has 0 aromatic carbocycles. The van der Waals surface area contributed by atoms with Gasteiger partial charge < -0.3 is 5.32 Å². The highest BCUT2D eigenvalue weighted by molar-refractivity contribution is 4.80. The quantitative estimate of drug-likeness (QED) is 0.758. The second-order valence-corrected chi connectivity index (χ2v) is 4.61. The monoisotopic (exact) mass is 216 g/mol. The van der Waals surface area contributed by atoms with Gasteiger partial charge in [-0.15, -0.1) is 0 Å². The van der Waals surface area contributed by atoms with Gasteiger partial charge in [0.1, 0.15) is 0 Å². The first kappa shape index (κ1) is 12.9. The molecule has 1 rings (SSSR count). The molecule has 0 aromatic rings. The van der Waals surface area contributed by atoms with Crippen molar-refractivity contribution in [3.05, 3.63) is 0 Å². The molecule has 90 valence electrons. The standard InChI is InChI=1S/C12H25FN2/c1-3-5-12-10-15(9-4-7-13)11(2)6-8-14-12/h11-12,14H,3-10H2,1-2H3. The Balaban J connectivity index is 2.41. The van der Waals surface area contributed by atoms with E-state index in [9.17, 15) is 4.39 Å². The van der Waals surface area contributed by atoms with E-state index in [1.54, 1.807) is 0 Å². The average molecular weight is 216 g/mol. The third-order valence-electron chi connectivity index (χ3n) is 3.29. The van der Waals surface area contributed by atoms with Crippen LogP contribution < -0.4 is 5.32 Å². The van der Waals surface area contributed by atoms with Crippen LogP contribution >= 0.6 is 0 Å². The fourth-order valence-electron chi connectivity index (χ4n) is 2.32. The van der Waals surface area contributed by atoms with Crippen LogP contribution in [0, 0.1) is 0 Å². The molecule has 1 heterocycles. The number of rotatable bonds is 5. The molecule has 0 spiro atoms. The van der Waals surface area contributed by atoms with Gasteiger partial charge in [-0.1, -0.05) is 13.3 Å². The second kappa shape index (κ2) is 7.18. The molecule has 0 bridgehead atoms. The average Bonchev–Trinajstić information content (AvgIpc) is 2.39. The minimum atomic E-state index is -0.185. The summed E-state index contributed by atoms with van der Waals surface area (Å²) in [6.07, 6.45) is 4.33. The van der Waals surface area contributed by atoms with Crippen LogP contribution in [0.1, 0.15) is 39.5 Å². The molecule has 2 unspecified atom stereocenters. The van der Waals surface area contributed by atoms with E-state index in [1.165, 1.54) is 19.3 Å². The van der Waals surface area contributed by atoms with E-state index in [0.717, 1.165) is 19.6 Å². The maximum atomic E-state index is 12.2. The van der Waals surface area contributed by atoms with Crippen LogP contribution in [0.4, 0.5) is 4.39 Å². The maximum Gasteiger partial charge on any atom is 0.0906 e. The Labute approximate surface area is 93.2 Å². The summed E-state index contributed by atoms with van der Waals surface area (Å²) in [5, 5.41) is 3.58. The summed E-state index contributed by atoms with van der Waals surface area (Å²) in [4.78, 5) is 2.44. The lowest BCUT2D eigenvalue weighted by Gasteiger charge is -2.28. The van der Waals surface area contributed by atoms with E-state index < -0.39 is 0 Å². The van der Waals surface area contributed by atoms with Gasteiger partial charge in [0.15, 0.2) is 0 Å². The minimum Gasteiger partial charge on any atom is -0.313 e. The van der Waals surface area contributed by atoms with E-state index in [1.807, 2.05) is 0 Å². The van der Waals surface area contributed by atoms with Gasteiger partial charge in [-0.25, -0.2) is 0 Å². The van der Waals surface area contributed by atoms with E-state index in [2.05, 4.69) is 24.1 Å². The number of nitrogens with zero attached hydrogens (tertiary/aromatic N) is 1. The summed E-state index contributed by atoms with van der Waals surface area (Å²) in [7, 11) is 0. The normalized spacial score (nSPS) is 29.0.